The highest BCUT2D eigenvalue weighted by Gasteiger charge is 2.37. The molecule has 0 bridgehead atoms. The van der Waals surface area contributed by atoms with Gasteiger partial charge in [-0.1, -0.05) is 25.4 Å². The van der Waals surface area contributed by atoms with E-state index in [0.29, 0.717) is 11.3 Å². The van der Waals surface area contributed by atoms with Crippen LogP contribution in [-0.2, 0) is 5.41 Å². The first-order valence-electron chi connectivity index (χ1n) is 4.97. The van der Waals surface area contributed by atoms with Crippen molar-refractivity contribution in [2.24, 2.45) is 4.99 Å². The Balaban J connectivity index is 2.80. The van der Waals surface area contributed by atoms with Crippen LogP contribution >= 0.6 is 11.6 Å². The van der Waals surface area contributed by atoms with Crippen LogP contribution in [-0.4, -0.2) is 16.8 Å². The van der Waals surface area contributed by atoms with Gasteiger partial charge in [0.15, 0.2) is 0 Å². The molecule has 0 saturated heterocycles. The number of halogens is 1. The van der Waals surface area contributed by atoms with Crippen molar-refractivity contribution >= 4 is 29.0 Å². The zero-order chi connectivity index (χ0) is 12.1. The molecular formula is C12H12ClNO2. The molecule has 0 saturated carbocycles. The zero-order valence-electron chi connectivity index (χ0n) is 9.34. The summed E-state index contributed by atoms with van der Waals surface area (Å²) in [5.74, 6) is -1.00. The van der Waals surface area contributed by atoms with E-state index in [2.05, 4.69) is 4.99 Å². The maximum Gasteiger partial charge on any atom is 0.337 e. The minimum Gasteiger partial charge on any atom is -0.478 e. The van der Waals surface area contributed by atoms with Crippen LogP contribution in [0.25, 0.3) is 0 Å². The normalized spacial score (nSPS) is 16.9. The van der Waals surface area contributed by atoms with Crippen molar-refractivity contribution in [3.05, 3.63) is 28.3 Å². The van der Waals surface area contributed by atoms with Crippen LogP contribution in [0.4, 0.5) is 5.69 Å². The number of carboxylic acids is 1. The second-order valence-corrected chi connectivity index (χ2v) is 4.85. The number of fused-ring (bicyclic) bond motifs is 1. The zero-order valence-corrected chi connectivity index (χ0v) is 10.1. The molecule has 4 heteroatoms. The first-order valence-corrected chi connectivity index (χ1v) is 5.35. The number of rotatable bonds is 1. The summed E-state index contributed by atoms with van der Waals surface area (Å²) >= 11 is 5.95. The monoisotopic (exact) mass is 237 g/mol. The van der Waals surface area contributed by atoms with Gasteiger partial charge in [0.05, 0.1) is 16.3 Å². The van der Waals surface area contributed by atoms with Crippen molar-refractivity contribution in [3.8, 4) is 0 Å². The van der Waals surface area contributed by atoms with Gasteiger partial charge in [0, 0.05) is 16.7 Å². The third kappa shape index (κ3) is 1.35. The number of carboxylic acid groups (broad SMARTS) is 1. The van der Waals surface area contributed by atoms with E-state index >= 15 is 0 Å². The molecule has 0 radical (unpaired) electrons. The van der Waals surface area contributed by atoms with E-state index in [1.807, 2.05) is 20.8 Å². The van der Waals surface area contributed by atoms with E-state index in [-0.39, 0.29) is 16.0 Å². The van der Waals surface area contributed by atoms with Gasteiger partial charge >= 0.3 is 5.97 Å². The van der Waals surface area contributed by atoms with Gasteiger partial charge in [0.1, 0.15) is 0 Å². The Kier molecular flexibility index (Phi) is 2.31. The fraction of sp³-hybridized carbons (Fsp3) is 0.333. The smallest absolute Gasteiger partial charge is 0.337 e. The summed E-state index contributed by atoms with van der Waals surface area (Å²) in [7, 11) is 0. The van der Waals surface area contributed by atoms with Crippen molar-refractivity contribution in [3.63, 3.8) is 0 Å². The molecule has 0 aliphatic carbocycles. The molecule has 0 spiro atoms. The van der Waals surface area contributed by atoms with Crippen molar-refractivity contribution < 1.29 is 9.90 Å². The van der Waals surface area contributed by atoms with Crippen molar-refractivity contribution in [1.29, 1.82) is 0 Å². The lowest BCUT2D eigenvalue weighted by Crippen LogP contribution is -2.25. The lowest BCUT2D eigenvalue weighted by molar-refractivity contribution is 0.0695. The molecule has 1 aliphatic heterocycles. The first-order chi connectivity index (χ1) is 7.35. The molecule has 0 aromatic heterocycles. The van der Waals surface area contributed by atoms with E-state index < -0.39 is 5.97 Å². The third-order valence-electron chi connectivity index (χ3n) is 3.16. The number of nitrogens with zero attached hydrogens (tertiary/aromatic N) is 1. The van der Waals surface area contributed by atoms with E-state index in [4.69, 9.17) is 11.6 Å². The lowest BCUT2D eigenvalue weighted by Gasteiger charge is -2.22. The second-order valence-electron chi connectivity index (χ2n) is 4.44. The summed E-state index contributed by atoms with van der Waals surface area (Å²) in [5, 5.41) is 9.48. The topological polar surface area (TPSA) is 49.7 Å². The van der Waals surface area contributed by atoms with Crippen molar-refractivity contribution in [1.82, 2.24) is 0 Å². The van der Waals surface area contributed by atoms with Crippen LogP contribution in [0.2, 0.25) is 5.02 Å². The maximum absolute atomic E-state index is 11.2. The summed E-state index contributed by atoms with van der Waals surface area (Å²) in [4.78, 5) is 15.6. The van der Waals surface area contributed by atoms with Gasteiger partial charge in [-0.25, -0.2) is 4.79 Å². The predicted octanol–water partition coefficient (Wildman–Crippen LogP) is 3.42. The lowest BCUT2D eigenvalue weighted by atomic mass is 9.79. The molecule has 1 aromatic carbocycles. The Morgan fingerprint density at radius 1 is 1.44 bits per heavy atom. The Hall–Kier alpha value is -1.35. The van der Waals surface area contributed by atoms with Gasteiger partial charge < -0.3 is 5.11 Å². The fourth-order valence-electron chi connectivity index (χ4n) is 2.00. The molecule has 0 atom stereocenters. The molecule has 0 fully saturated rings. The second kappa shape index (κ2) is 3.32. The average molecular weight is 238 g/mol. The molecule has 1 heterocycles. The Morgan fingerprint density at radius 3 is 2.62 bits per heavy atom. The summed E-state index contributed by atoms with van der Waals surface area (Å²) in [5.41, 5.74) is 2.14. The Bertz CT molecular complexity index is 518. The van der Waals surface area contributed by atoms with E-state index in [1.54, 1.807) is 12.1 Å². The van der Waals surface area contributed by atoms with Gasteiger partial charge in [-0.2, -0.15) is 0 Å². The van der Waals surface area contributed by atoms with Crippen LogP contribution in [0.15, 0.2) is 17.1 Å². The van der Waals surface area contributed by atoms with Gasteiger partial charge in [0.25, 0.3) is 0 Å². The molecular weight excluding hydrogens is 226 g/mol. The summed E-state index contributed by atoms with van der Waals surface area (Å²) in [6.45, 7) is 5.82. The summed E-state index contributed by atoms with van der Waals surface area (Å²) in [6, 6.07) is 3.35. The molecule has 84 valence electrons. The summed E-state index contributed by atoms with van der Waals surface area (Å²) < 4.78 is 0. The molecule has 3 nitrogen and oxygen atoms in total. The van der Waals surface area contributed by atoms with E-state index in [9.17, 15) is 9.90 Å². The van der Waals surface area contributed by atoms with Crippen LogP contribution < -0.4 is 0 Å². The molecule has 1 N–H and O–H groups in total. The highest BCUT2D eigenvalue weighted by molar-refractivity contribution is 6.34. The minimum atomic E-state index is -1.00. The number of carbonyl (C=O) groups is 1. The molecule has 0 amide bonds. The highest BCUT2D eigenvalue weighted by atomic mass is 35.5. The molecule has 2 rings (SSSR count). The Labute approximate surface area is 98.8 Å². The van der Waals surface area contributed by atoms with Gasteiger partial charge in [-0.15, -0.1) is 0 Å². The number of aromatic carboxylic acids is 1. The standard InChI is InChI=1S/C12H12ClNO2/c1-6-12(2,3)10-8(14-6)5-4-7(13)9(10)11(15)16/h4-5H,1-3H3,(H,15,16). The van der Waals surface area contributed by atoms with Gasteiger partial charge in [-0.05, 0) is 19.1 Å². The molecule has 1 aromatic rings. The molecule has 16 heavy (non-hydrogen) atoms. The van der Waals surface area contributed by atoms with Crippen molar-refractivity contribution in [2.75, 3.05) is 0 Å². The van der Waals surface area contributed by atoms with E-state index in [0.717, 1.165) is 5.71 Å². The minimum absolute atomic E-state index is 0.171. The average Bonchev–Trinajstić information content (AvgIpc) is 2.39. The van der Waals surface area contributed by atoms with Crippen LogP contribution in [0.3, 0.4) is 0 Å². The largest absolute Gasteiger partial charge is 0.478 e. The van der Waals surface area contributed by atoms with Crippen molar-refractivity contribution in [2.45, 2.75) is 26.2 Å². The van der Waals surface area contributed by atoms with E-state index in [1.165, 1.54) is 0 Å². The number of hydrogen-bond donors (Lipinski definition) is 1. The summed E-state index contributed by atoms with van der Waals surface area (Å²) in [6.07, 6.45) is 0. The third-order valence-corrected chi connectivity index (χ3v) is 3.48. The number of benzene rings is 1. The quantitative estimate of drug-likeness (QED) is 0.814. The number of aliphatic imine (C=N–C) groups is 1. The Morgan fingerprint density at radius 2 is 2.06 bits per heavy atom. The number of hydrogen-bond acceptors (Lipinski definition) is 2. The SMILES string of the molecule is CC1=Nc2ccc(Cl)c(C(=O)O)c2C1(C)C. The van der Waals surface area contributed by atoms with Gasteiger partial charge in [-0.3, -0.25) is 4.99 Å². The maximum atomic E-state index is 11.2. The first kappa shape index (κ1) is 11.1. The van der Waals surface area contributed by atoms with Crippen LogP contribution in [0.1, 0.15) is 36.7 Å². The highest BCUT2D eigenvalue weighted by Crippen LogP contribution is 2.44. The van der Waals surface area contributed by atoms with Crippen LogP contribution in [0.5, 0.6) is 0 Å². The van der Waals surface area contributed by atoms with Gasteiger partial charge in [0.2, 0.25) is 0 Å². The fourth-order valence-corrected chi connectivity index (χ4v) is 2.24. The molecule has 0 unspecified atom stereocenters. The predicted molar refractivity (Wildman–Crippen MR) is 64.2 cm³/mol. The molecule has 1 aliphatic rings. The van der Waals surface area contributed by atoms with Crippen LogP contribution in [0, 0.1) is 0 Å².